The molecule has 0 spiro atoms. The van der Waals surface area contributed by atoms with Gasteiger partial charge in [0.25, 0.3) is 0 Å². The molecule has 0 fully saturated rings. The zero-order valence-electron chi connectivity index (χ0n) is 41.6. The zero-order chi connectivity index (χ0) is 48.3. The molecule has 0 aliphatic rings. The van der Waals surface area contributed by atoms with E-state index < -0.39 is 0 Å². The third-order valence-corrected chi connectivity index (χ3v) is 14.1. The number of rotatable bonds is 9. The molecular weight excluding hydrogens is 849 g/mol. The molecule has 11 rings (SSSR count). The molecule has 344 valence electrons. The minimum absolute atomic E-state index is 0.0422. The highest BCUT2D eigenvalue weighted by Gasteiger charge is 2.22. The molecule has 0 amide bonds. The van der Waals surface area contributed by atoms with Crippen LogP contribution in [0.5, 0.6) is 0 Å². The fraction of sp³-hybridized carbons (Fsp3) is 0.164. The smallest absolute Gasteiger partial charge is 0.136 e. The Kier molecular flexibility index (Phi) is 11.2. The molecule has 0 atom stereocenters. The van der Waals surface area contributed by atoms with Crippen LogP contribution < -0.4 is 9.80 Å². The molecular formula is C67H60N2O. The number of furan rings is 1. The van der Waals surface area contributed by atoms with Gasteiger partial charge in [0.15, 0.2) is 0 Å². The van der Waals surface area contributed by atoms with E-state index >= 15 is 0 Å². The van der Waals surface area contributed by atoms with Crippen LogP contribution in [0.1, 0.15) is 78.0 Å². The fourth-order valence-corrected chi connectivity index (χ4v) is 10.1. The van der Waals surface area contributed by atoms with Gasteiger partial charge < -0.3 is 14.2 Å². The first-order valence-electron chi connectivity index (χ1n) is 24.8. The van der Waals surface area contributed by atoms with Crippen LogP contribution in [0.3, 0.4) is 0 Å². The summed E-state index contributed by atoms with van der Waals surface area (Å²) in [6.07, 6.45) is 0. The van der Waals surface area contributed by atoms with Crippen LogP contribution in [0.25, 0.3) is 65.7 Å². The van der Waals surface area contributed by atoms with E-state index in [-0.39, 0.29) is 10.8 Å². The van der Waals surface area contributed by atoms with Crippen molar-refractivity contribution >= 4 is 77.6 Å². The average Bonchev–Trinajstić information content (AvgIpc) is 3.71. The number of anilines is 6. The Labute approximate surface area is 413 Å². The van der Waals surface area contributed by atoms with E-state index in [4.69, 9.17) is 4.42 Å². The first-order chi connectivity index (χ1) is 33.8. The van der Waals surface area contributed by atoms with Gasteiger partial charge >= 0.3 is 0 Å². The van der Waals surface area contributed by atoms with E-state index in [1.54, 1.807) is 0 Å². The predicted octanol–water partition coefficient (Wildman–Crippen LogP) is 19.9. The van der Waals surface area contributed by atoms with Gasteiger partial charge in [-0.3, -0.25) is 0 Å². The molecule has 0 unspecified atom stereocenters. The fourth-order valence-electron chi connectivity index (χ4n) is 10.1. The van der Waals surface area contributed by atoms with Crippen LogP contribution in [0, 0.1) is 0 Å². The number of para-hydroxylation sites is 3. The molecule has 0 N–H and O–H groups in total. The SMILES string of the molecule is CC(C)c1ccc(-c2ccccc2N(c2ccccc2)c2ccc3cc4c(cc3c2)oc2cc3cc(N(c5ccc(C(C)(C)C)cc5)c5ccccc5-c5ccc(C(C)(C)C)cc5)ccc3cc24)cc1. The van der Waals surface area contributed by atoms with Crippen molar-refractivity contribution in [2.75, 3.05) is 9.80 Å². The van der Waals surface area contributed by atoms with Crippen molar-refractivity contribution in [3.63, 3.8) is 0 Å². The molecule has 70 heavy (non-hydrogen) atoms. The van der Waals surface area contributed by atoms with Crippen LogP contribution in [0.2, 0.25) is 0 Å². The molecule has 3 heteroatoms. The first kappa shape index (κ1) is 44.6. The topological polar surface area (TPSA) is 19.6 Å². The van der Waals surface area contributed by atoms with Gasteiger partial charge in [-0.25, -0.2) is 0 Å². The molecule has 0 radical (unpaired) electrons. The molecule has 11 aromatic rings. The largest absolute Gasteiger partial charge is 0.456 e. The highest BCUT2D eigenvalue weighted by molar-refractivity contribution is 6.14. The molecule has 10 aromatic carbocycles. The summed E-state index contributed by atoms with van der Waals surface area (Å²) in [5, 5.41) is 6.80. The van der Waals surface area contributed by atoms with E-state index in [0.717, 1.165) is 66.8 Å². The summed E-state index contributed by atoms with van der Waals surface area (Å²) in [6, 6.07) is 78.1. The molecule has 1 aromatic heterocycles. The maximum absolute atomic E-state index is 6.84. The van der Waals surface area contributed by atoms with Crippen molar-refractivity contribution in [2.24, 2.45) is 0 Å². The van der Waals surface area contributed by atoms with Crippen molar-refractivity contribution < 1.29 is 4.42 Å². The van der Waals surface area contributed by atoms with Crippen LogP contribution in [0.15, 0.2) is 217 Å². The van der Waals surface area contributed by atoms with Gasteiger partial charge in [0.1, 0.15) is 11.2 Å². The lowest BCUT2D eigenvalue weighted by molar-refractivity contribution is 0.590. The maximum atomic E-state index is 6.84. The summed E-state index contributed by atoms with van der Waals surface area (Å²) in [6.45, 7) is 18.1. The third kappa shape index (κ3) is 8.40. The molecule has 0 aliphatic carbocycles. The van der Waals surface area contributed by atoms with Gasteiger partial charge in [-0.05, 0) is 151 Å². The lowest BCUT2D eigenvalue weighted by Gasteiger charge is -2.29. The summed E-state index contributed by atoms with van der Waals surface area (Å²) in [4.78, 5) is 4.78. The van der Waals surface area contributed by atoms with Gasteiger partial charge in [-0.2, -0.15) is 0 Å². The average molecular weight is 909 g/mol. The number of nitrogens with zero attached hydrogens (tertiary/aromatic N) is 2. The number of hydrogen-bond donors (Lipinski definition) is 0. The van der Waals surface area contributed by atoms with Crippen LogP contribution >= 0.6 is 0 Å². The minimum atomic E-state index is 0.0422. The summed E-state index contributed by atoms with van der Waals surface area (Å²) in [5.74, 6) is 0.475. The van der Waals surface area contributed by atoms with E-state index in [9.17, 15) is 0 Å². The highest BCUT2D eigenvalue weighted by Crippen LogP contribution is 2.45. The van der Waals surface area contributed by atoms with Gasteiger partial charge in [0, 0.05) is 44.6 Å². The Morgan fingerprint density at radius 3 is 1.21 bits per heavy atom. The second-order valence-electron chi connectivity index (χ2n) is 21.3. The van der Waals surface area contributed by atoms with Crippen LogP contribution in [-0.4, -0.2) is 0 Å². The van der Waals surface area contributed by atoms with Crippen LogP contribution in [-0.2, 0) is 10.8 Å². The monoisotopic (exact) mass is 908 g/mol. The highest BCUT2D eigenvalue weighted by atomic mass is 16.3. The van der Waals surface area contributed by atoms with Crippen molar-refractivity contribution in [3.8, 4) is 22.3 Å². The van der Waals surface area contributed by atoms with Gasteiger partial charge in [0.2, 0.25) is 0 Å². The molecule has 0 saturated carbocycles. The Morgan fingerprint density at radius 1 is 0.357 bits per heavy atom. The summed E-state index contributed by atoms with van der Waals surface area (Å²) < 4.78 is 6.84. The quantitative estimate of drug-likeness (QED) is 0.144. The second kappa shape index (κ2) is 17.6. The van der Waals surface area contributed by atoms with Crippen molar-refractivity contribution in [3.05, 3.63) is 229 Å². The van der Waals surface area contributed by atoms with Crippen molar-refractivity contribution in [1.82, 2.24) is 0 Å². The molecule has 1 heterocycles. The minimum Gasteiger partial charge on any atom is -0.456 e. The lowest BCUT2D eigenvalue weighted by Crippen LogP contribution is -2.14. The van der Waals surface area contributed by atoms with Crippen LogP contribution in [0.4, 0.5) is 34.1 Å². The molecule has 0 aliphatic heterocycles. The molecule has 0 bridgehead atoms. The summed E-state index contributed by atoms with van der Waals surface area (Å²) >= 11 is 0. The van der Waals surface area contributed by atoms with Crippen molar-refractivity contribution in [2.45, 2.75) is 72.1 Å². The maximum Gasteiger partial charge on any atom is 0.136 e. The predicted molar refractivity (Wildman–Crippen MR) is 300 cm³/mol. The Bertz CT molecular complexity index is 3680. The molecule has 0 saturated heterocycles. The number of hydrogen-bond acceptors (Lipinski definition) is 3. The van der Waals surface area contributed by atoms with E-state index in [1.807, 2.05) is 0 Å². The normalized spacial score (nSPS) is 12.1. The van der Waals surface area contributed by atoms with E-state index in [1.165, 1.54) is 49.7 Å². The van der Waals surface area contributed by atoms with Gasteiger partial charge in [-0.15, -0.1) is 0 Å². The summed E-state index contributed by atoms with van der Waals surface area (Å²) in [7, 11) is 0. The first-order valence-corrected chi connectivity index (χ1v) is 24.8. The van der Waals surface area contributed by atoms with E-state index in [2.05, 4.69) is 278 Å². The third-order valence-electron chi connectivity index (χ3n) is 14.1. The van der Waals surface area contributed by atoms with Gasteiger partial charge in [-0.1, -0.05) is 183 Å². The number of fused-ring (bicyclic) bond motifs is 5. The Balaban J connectivity index is 1.01. The standard InChI is InChI=1S/C67H60N2O/c1-44(2)45-22-24-46(25-23-45)58-18-12-14-20-62(58)68(54-16-10-9-11-17-54)56-34-28-48-40-60-61-41-49-29-35-57(39-51(49)43-65(61)70-64(60)42-50(48)38-56)69(55-36-32-53(33-37-55)67(6,7)8)63-21-15-13-19-59(63)47-26-30-52(31-27-47)66(3,4)5/h9-44H,1-8H3. The van der Waals surface area contributed by atoms with E-state index in [0.29, 0.717) is 5.92 Å². The Hall–Kier alpha value is -7.88. The second-order valence-corrected chi connectivity index (χ2v) is 21.3. The van der Waals surface area contributed by atoms with Crippen molar-refractivity contribution in [1.29, 1.82) is 0 Å². The lowest BCUT2D eigenvalue weighted by atomic mass is 9.86. The van der Waals surface area contributed by atoms with Gasteiger partial charge in [0.05, 0.1) is 11.4 Å². The Morgan fingerprint density at radius 2 is 0.757 bits per heavy atom. The summed E-state index contributed by atoms with van der Waals surface area (Å²) in [5.41, 5.74) is 17.2. The molecule has 3 nitrogen and oxygen atoms in total. The number of benzene rings is 10. The zero-order valence-corrected chi connectivity index (χ0v) is 41.6.